The Kier molecular flexibility index (Phi) is 11.1. The first kappa shape index (κ1) is 33.0. The van der Waals surface area contributed by atoms with E-state index >= 15 is 0 Å². The summed E-state index contributed by atoms with van der Waals surface area (Å²) in [5, 5.41) is 15.9. The average Bonchev–Trinajstić information content (AvgIpc) is 3.37. The van der Waals surface area contributed by atoms with Crippen molar-refractivity contribution >= 4 is 40.3 Å². The first-order valence-corrected chi connectivity index (χ1v) is 15.2. The van der Waals surface area contributed by atoms with E-state index in [0.29, 0.717) is 10.7 Å². The molecule has 1 fully saturated rings. The van der Waals surface area contributed by atoms with Gasteiger partial charge in [-0.25, -0.2) is 4.79 Å². The SMILES string of the molecule is C[C@H](NC(=O)OC(C)(C)C)C(=O)N[C@H](C(=O)N[C@H](C(=O)Nc1snnc1-c1ccccc1)C(C)(C)C)C1CCCCC1. The number of carbonyl (C=O) groups excluding carboxylic acids is 4. The molecule has 4 amide bonds. The predicted octanol–water partition coefficient (Wildman–Crippen LogP) is 4.65. The lowest BCUT2D eigenvalue weighted by Gasteiger charge is -2.35. The first-order chi connectivity index (χ1) is 19.7. The Morgan fingerprint density at radius 3 is 2.12 bits per heavy atom. The molecule has 0 aliphatic heterocycles. The summed E-state index contributed by atoms with van der Waals surface area (Å²) in [5.41, 5.74) is -0.0131. The van der Waals surface area contributed by atoms with E-state index in [1.807, 2.05) is 51.1 Å². The fourth-order valence-electron chi connectivity index (χ4n) is 4.84. The van der Waals surface area contributed by atoms with Gasteiger partial charge in [0.1, 0.15) is 34.4 Å². The van der Waals surface area contributed by atoms with Crippen LogP contribution in [0.1, 0.15) is 80.6 Å². The Morgan fingerprint density at radius 2 is 1.52 bits per heavy atom. The van der Waals surface area contributed by atoms with Crippen molar-refractivity contribution in [1.29, 1.82) is 0 Å². The Labute approximate surface area is 252 Å². The number of aromatic nitrogens is 2. The van der Waals surface area contributed by atoms with E-state index in [1.165, 1.54) is 6.92 Å². The van der Waals surface area contributed by atoms with Crippen LogP contribution in [0.4, 0.5) is 9.80 Å². The molecular weight excluding hydrogens is 556 g/mol. The molecule has 0 bridgehead atoms. The maximum absolute atomic E-state index is 13.8. The smallest absolute Gasteiger partial charge is 0.408 e. The lowest BCUT2D eigenvalue weighted by Crippen LogP contribution is -2.60. The van der Waals surface area contributed by atoms with Gasteiger partial charge in [-0.05, 0) is 51.9 Å². The van der Waals surface area contributed by atoms with E-state index < -0.39 is 53.0 Å². The van der Waals surface area contributed by atoms with Crippen molar-refractivity contribution in [3.05, 3.63) is 30.3 Å². The monoisotopic (exact) mass is 600 g/mol. The number of anilines is 1. The zero-order chi connectivity index (χ0) is 31.1. The molecule has 1 saturated carbocycles. The van der Waals surface area contributed by atoms with Crippen LogP contribution in [0, 0.1) is 11.3 Å². The molecule has 2 aromatic rings. The van der Waals surface area contributed by atoms with Crippen LogP contribution in [-0.2, 0) is 19.1 Å². The number of alkyl carbamates (subject to hydrolysis) is 1. The van der Waals surface area contributed by atoms with Gasteiger partial charge in [0.15, 0.2) is 0 Å². The number of hydrogen-bond donors (Lipinski definition) is 4. The van der Waals surface area contributed by atoms with Crippen molar-refractivity contribution in [3.63, 3.8) is 0 Å². The minimum atomic E-state index is -0.935. The van der Waals surface area contributed by atoms with Gasteiger partial charge in [-0.15, -0.1) is 5.10 Å². The summed E-state index contributed by atoms with van der Waals surface area (Å²) in [4.78, 5) is 52.8. The highest BCUT2D eigenvalue weighted by molar-refractivity contribution is 7.10. The molecule has 1 heterocycles. The molecule has 230 valence electrons. The Bertz CT molecular complexity index is 1230. The van der Waals surface area contributed by atoms with Gasteiger partial charge in [0.05, 0.1) is 0 Å². The molecule has 42 heavy (non-hydrogen) atoms. The van der Waals surface area contributed by atoms with Crippen molar-refractivity contribution in [3.8, 4) is 11.3 Å². The van der Waals surface area contributed by atoms with Crippen molar-refractivity contribution in [2.24, 2.45) is 11.3 Å². The van der Waals surface area contributed by atoms with Gasteiger partial charge >= 0.3 is 6.09 Å². The number of amides is 4. The summed E-state index contributed by atoms with van der Waals surface area (Å²) in [5.74, 6) is -1.46. The van der Waals surface area contributed by atoms with Crippen molar-refractivity contribution in [1.82, 2.24) is 25.5 Å². The molecule has 0 saturated heterocycles. The van der Waals surface area contributed by atoms with Gasteiger partial charge in [0, 0.05) is 17.1 Å². The second kappa shape index (κ2) is 14.1. The third-order valence-electron chi connectivity index (χ3n) is 7.01. The van der Waals surface area contributed by atoms with Crippen molar-refractivity contribution < 1.29 is 23.9 Å². The summed E-state index contributed by atoms with van der Waals surface area (Å²) < 4.78 is 9.28. The molecule has 3 rings (SSSR count). The third-order valence-corrected chi connectivity index (χ3v) is 7.66. The Balaban J connectivity index is 1.76. The molecule has 4 N–H and O–H groups in total. The molecule has 11 nitrogen and oxygen atoms in total. The van der Waals surface area contributed by atoms with Crippen LogP contribution in [0.15, 0.2) is 30.3 Å². The third kappa shape index (κ3) is 9.50. The molecule has 3 atom stereocenters. The number of nitrogens with zero attached hydrogens (tertiary/aromatic N) is 2. The van der Waals surface area contributed by atoms with Gasteiger partial charge in [0.2, 0.25) is 17.7 Å². The highest BCUT2D eigenvalue weighted by Gasteiger charge is 2.38. The van der Waals surface area contributed by atoms with Gasteiger partial charge in [-0.2, -0.15) is 0 Å². The topological polar surface area (TPSA) is 151 Å². The number of nitrogens with one attached hydrogen (secondary N) is 4. The summed E-state index contributed by atoms with van der Waals surface area (Å²) in [6.07, 6.45) is 3.77. The normalized spacial score (nSPS) is 16.5. The molecule has 1 aliphatic rings. The lowest BCUT2D eigenvalue weighted by atomic mass is 9.82. The van der Waals surface area contributed by atoms with Crippen LogP contribution >= 0.6 is 11.5 Å². The first-order valence-electron chi connectivity index (χ1n) is 14.4. The van der Waals surface area contributed by atoms with Crippen LogP contribution in [0.3, 0.4) is 0 Å². The highest BCUT2D eigenvalue weighted by Crippen LogP contribution is 2.31. The van der Waals surface area contributed by atoms with E-state index in [9.17, 15) is 19.2 Å². The van der Waals surface area contributed by atoms with Crippen LogP contribution in [-0.4, -0.2) is 57.1 Å². The lowest BCUT2D eigenvalue weighted by molar-refractivity contribution is -0.134. The standard InChI is InChI=1S/C30H44N6O5S/c1-18(31-28(40)41-30(5,6)7)24(37)32-21(19-14-10-8-11-15-19)25(38)33-23(29(2,3)4)26(39)34-27-22(35-36-42-27)20-16-12-9-13-17-20/h9,12-13,16-19,21,23H,8,10-11,14-15H2,1-7H3,(H,31,40)(H,32,37)(H,33,38)(H,34,39)/t18-,21-,23+/m0/s1. The molecule has 1 aliphatic carbocycles. The highest BCUT2D eigenvalue weighted by atomic mass is 32.1. The zero-order valence-electron chi connectivity index (χ0n) is 25.6. The average molecular weight is 601 g/mol. The number of ether oxygens (including phenoxy) is 1. The van der Waals surface area contributed by atoms with Crippen LogP contribution in [0.5, 0.6) is 0 Å². The molecule has 12 heteroatoms. The molecule has 1 aromatic heterocycles. The largest absolute Gasteiger partial charge is 0.444 e. The number of rotatable bonds is 9. The van der Waals surface area contributed by atoms with E-state index in [0.717, 1.165) is 49.2 Å². The number of benzene rings is 1. The Morgan fingerprint density at radius 1 is 0.881 bits per heavy atom. The summed E-state index contributed by atoms with van der Waals surface area (Å²) in [6, 6.07) is 6.68. The van der Waals surface area contributed by atoms with Gasteiger partial charge in [-0.1, -0.05) is 74.9 Å². The second-order valence-electron chi connectivity index (χ2n) is 12.9. The van der Waals surface area contributed by atoms with Crippen LogP contribution < -0.4 is 21.3 Å². The molecule has 0 spiro atoms. The Hall–Kier alpha value is -3.54. The van der Waals surface area contributed by atoms with E-state index in [4.69, 9.17) is 4.74 Å². The second-order valence-corrected chi connectivity index (χ2v) is 13.6. The summed E-state index contributed by atoms with van der Waals surface area (Å²) >= 11 is 1.06. The molecular formula is C30H44N6O5S. The van der Waals surface area contributed by atoms with Gasteiger partial charge in [-0.3, -0.25) is 14.4 Å². The zero-order valence-corrected chi connectivity index (χ0v) is 26.4. The molecule has 1 aromatic carbocycles. The van der Waals surface area contributed by atoms with Crippen LogP contribution in [0.2, 0.25) is 0 Å². The fraction of sp³-hybridized carbons (Fsp3) is 0.600. The maximum atomic E-state index is 13.8. The van der Waals surface area contributed by atoms with E-state index in [1.54, 1.807) is 20.8 Å². The summed E-state index contributed by atoms with van der Waals surface area (Å²) in [6.45, 7) is 12.3. The minimum absolute atomic E-state index is 0.101. The van der Waals surface area contributed by atoms with Gasteiger partial charge < -0.3 is 26.0 Å². The maximum Gasteiger partial charge on any atom is 0.408 e. The van der Waals surface area contributed by atoms with E-state index in [2.05, 4.69) is 30.9 Å². The molecule has 0 unspecified atom stereocenters. The number of carbonyl (C=O) groups is 4. The molecule has 0 radical (unpaired) electrons. The van der Waals surface area contributed by atoms with E-state index in [-0.39, 0.29) is 5.92 Å². The summed E-state index contributed by atoms with van der Waals surface area (Å²) in [7, 11) is 0. The predicted molar refractivity (Wildman–Crippen MR) is 163 cm³/mol. The van der Waals surface area contributed by atoms with Crippen molar-refractivity contribution in [2.45, 2.75) is 104 Å². The quantitative estimate of drug-likeness (QED) is 0.327. The van der Waals surface area contributed by atoms with Gasteiger partial charge in [0.25, 0.3) is 0 Å². The fourth-order valence-corrected chi connectivity index (χ4v) is 5.44. The minimum Gasteiger partial charge on any atom is -0.444 e. The number of hydrogen-bond acceptors (Lipinski definition) is 8. The van der Waals surface area contributed by atoms with Crippen molar-refractivity contribution in [2.75, 3.05) is 5.32 Å². The van der Waals surface area contributed by atoms with Crippen LogP contribution in [0.25, 0.3) is 11.3 Å².